The van der Waals surface area contributed by atoms with Crippen molar-refractivity contribution >= 4 is 15.7 Å². The summed E-state index contributed by atoms with van der Waals surface area (Å²) in [5, 5.41) is 0. The molecular formula is C19H20O3S. The van der Waals surface area contributed by atoms with E-state index in [0.29, 0.717) is 6.42 Å². The molecular weight excluding hydrogens is 308 g/mol. The van der Waals surface area contributed by atoms with E-state index in [-0.39, 0.29) is 6.61 Å². The Morgan fingerprint density at radius 3 is 2.00 bits per heavy atom. The molecule has 23 heavy (non-hydrogen) atoms. The van der Waals surface area contributed by atoms with Crippen LogP contribution in [0.3, 0.4) is 0 Å². The van der Waals surface area contributed by atoms with Gasteiger partial charge in [-0.2, -0.15) is 8.42 Å². The normalized spacial score (nSPS) is 13.9. The molecule has 0 spiro atoms. The highest BCUT2D eigenvalue weighted by Crippen LogP contribution is 2.33. The Morgan fingerprint density at radius 2 is 1.48 bits per heavy atom. The first-order chi connectivity index (χ1) is 11.0. The second-order valence-electron chi connectivity index (χ2n) is 5.75. The smallest absolute Gasteiger partial charge is 0.264 e. The largest absolute Gasteiger partial charge is 0.270 e. The molecule has 0 saturated carbocycles. The first kappa shape index (κ1) is 16.0. The van der Waals surface area contributed by atoms with Crippen LogP contribution in [0.4, 0.5) is 0 Å². The molecule has 0 unspecified atom stereocenters. The molecule has 0 atom stereocenters. The van der Waals surface area contributed by atoms with E-state index in [1.54, 1.807) is 0 Å². The van der Waals surface area contributed by atoms with Gasteiger partial charge < -0.3 is 0 Å². The number of hydrogen-bond donors (Lipinski definition) is 0. The van der Waals surface area contributed by atoms with Crippen molar-refractivity contribution in [1.29, 1.82) is 0 Å². The standard InChI is InChI=1S/C19H20O3S/c1-23(20,21)22-14-6-11-19-17-9-4-2-7-15(17)12-13-16-8-3-5-10-18(16)19/h2-5,7-11H,6,12-14H2,1H3. The van der Waals surface area contributed by atoms with Crippen LogP contribution in [0.15, 0.2) is 54.6 Å². The average molecular weight is 328 g/mol. The molecule has 0 aliphatic heterocycles. The van der Waals surface area contributed by atoms with E-state index >= 15 is 0 Å². The lowest BCUT2D eigenvalue weighted by Crippen LogP contribution is -2.03. The second kappa shape index (κ2) is 6.69. The molecule has 0 fully saturated rings. The summed E-state index contributed by atoms with van der Waals surface area (Å²) in [5.41, 5.74) is 6.30. The monoisotopic (exact) mass is 328 g/mol. The van der Waals surface area contributed by atoms with Crippen LogP contribution in [-0.4, -0.2) is 21.3 Å². The minimum Gasteiger partial charge on any atom is -0.270 e. The van der Waals surface area contributed by atoms with Gasteiger partial charge in [0.1, 0.15) is 0 Å². The van der Waals surface area contributed by atoms with Crippen molar-refractivity contribution in [3.05, 3.63) is 76.9 Å². The molecule has 0 saturated heterocycles. The number of hydrogen-bond acceptors (Lipinski definition) is 3. The lowest BCUT2D eigenvalue weighted by molar-refractivity contribution is 0.328. The maximum absolute atomic E-state index is 11.1. The molecule has 2 aromatic rings. The van der Waals surface area contributed by atoms with Gasteiger partial charge in [0, 0.05) is 0 Å². The summed E-state index contributed by atoms with van der Waals surface area (Å²) in [6.45, 7) is 0.173. The van der Waals surface area contributed by atoms with Gasteiger partial charge in [-0.1, -0.05) is 54.6 Å². The van der Waals surface area contributed by atoms with Gasteiger partial charge >= 0.3 is 0 Å². The summed E-state index contributed by atoms with van der Waals surface area (Å²) in [5.74, 6) is 0. The first-order valence-electron chi connectivity index (χ1n) is 7.76. The molecule has 1 aliphatic carbocycles. The van der Waals surface area contributed by atoms with Gasteiger partial charge in [-0.3, -0.25) is 4.18 Å². The van der Waals surface area contributed by atoms with E-state index in [0.717, 1.165) is 19.1 Å². The quantitative estimate of drug-likeness (QED) is 0.636. The van der Waals surface area contributed by atoms with Crippen molar-refractivity contribution in [3.8, 4) is 0 Å². The highest BCUT2D eigenvalue weighted by Gasteiger charge is 2.17. The van der Waals surface area contributed by atoms with Crippen molar-refractivity contribution in [3.63, 3.8) is 0 Å². The molecule has 2 aromatic carbocycles. The van der Waals surface area contributed by atoms with E-state index in [1.165, 1.54) is 27.8 Å². The van der Waals surface area contributed by atoms with Crippen molar-refractivity contribution in [2.45, 2.75) is 19.3 Å². The third-order valence-corrected chi connectivity index (χ3v) is 4.64. The third-order valence-electron chi connectivity index (χ3n) is 4.04. The summed E-state index contributed by atoms with van der Waals surface area (Å²) < 4.78 is 27.0. The predicted octanol–water partition coefficient (Wildman–Crippen LogP) is 3.58. The van der Waals surface area contributed by atoms with Crippen molar-refractivity contribution < 1.29 is 12.6 Å². The molecule has 0 bridgehead atoms. The molecule has 4 heteroatoms. The Bertz CT molecular complexity index is 786. The van der Waals surface area contributed by atoms with Gasteiger partial charge in [0.15, 0.2) is 0 Å². The SMILES string of the molecule is CS(=O)(=O)OCCC=C1c2ccccc2CCc2ccccc21. The minimum atomic E-state index is -3.38. The van der Waals surface area contributed by atoms with Gasteiger partial charge in [0.2, 0.25) is 0 Å². The van der Waals surface area contributed by atoms with Gasteiger partial charge in [0.05, 0.1) is 12.9 Å². The minimum absolute atomic E-state index is 0.173. The van der Waals surface area contributed by atoms with Gasteiger partial charge in [0.25, 0.3) is 10.1 Å². The topological polar surface area (TPSA) is 43.4 Å². The lowest BCUT2D eigenvalue weighted by Gasteiger charge is -2.12. The van der Waals surface area contributed by atoms with Gasteiger partial charge in [-0.15, -0.1) is 0 Å². The molecule has 3 rings (SSSR count). The van der Waals surface area contributed by atoms with Crippen LogP contribution in [0.1, 0.15) is 28.7 Å². The van der Waals surface area contributed by atoms with Crippen molar-refractivity contribution in [1.82, 2.24) is 0 Å². The molecule has 3 nitrogen and oxygen atoms in total. The highest BCUT2D eigenvalue weighted by molar-refractivity contribution is 7.85. The average Bonchev–Trinajstić information content (AvgIpc) is 2.68. The number of rotatable bonds is 4. The Hall–Kier alpha value is -1.91. The number of aryl methyl sites for hydroxylation is 2. The summed E-state index contributed by atoms with van der Waals surface area (Å²) in [6.07, 6.45) is 5.77. The van der Waals surface area contributed by atoms with Crippen LogP contribution >= 0.6 is 0 Å². The predicted molar refractivity (Wildman–Crippen MR) is 92.8 cm³/mol. The molecule has 0 radical (unpaired) electrons. The molecule has 120 valence electrons. The van der Waals surface area contributed by atoms with E-state index in [2.05, 4.69) is 42.5 Å². The van der Waals surface area contributed by atoms with Crippen LogP contribution in [0.2, 0.25) is 0 Å². The van der Waals surface area contributed by atoms with E-state index in [9.17, 15) is 8.42 Å². The van der Waals surface area contributed by atoms with Crippen LogP contribution in [0.5, 0.6) is 0 Å². The number of fused-ring (bicyclic) bond motifs is 2. The Labute approximate surface area is 137 Å². The zero-order chi connectivity index (χ0) is 16.3. The fourth-order valence-electron chi connectivity index (χ4n) is 3.04. The Balaban J connectivity index is 1.97. The summed E-state index contributed by atoms with van der Waals surface area (Å²) in [7, 11) is -3.38. The van der Waals surface area contributed by atoms with E-state index < -0.39 is 10.1 Å². The Morgan fingerprint density at radius 1 is 0.957 bits per heavy atom. The zero-order valence-corrected chi connectivity index (χ0v) is 14.0. The van der Waals surface area contributed by atoms with Gasteiger partial charge in [-0.05, 0) is 47.1 Å². The van der Waals surface area contributed by atoms with Crippen LogP contribution in [0, 0.1) is 0 Å². The summed E-state index contributed by atoms with van der Waals surface area (Å²) >= 11 is 0. The van der Waals surface area contributed by atoms with Crippen LogP contribution < -0.4 is 0 Å². The van der Waals surface area contributed by atoms with Crippen molar-refractivity contribution in [2.24, 2.45) is 0 Å². The van der Waals surface area contributed by atoms with Crippen molar-refractivity contribution in [2.75, 3.05) is 12.9 Å². The fraction of sp³-hybridized carbons (Fsp3) is 0.263. The second-order valence-corrected chi connectivity index (χ2v) is 7.39. The maximum atomic E-state index is 11.1. The van der Waals surface area contributed by atoms with Gasteiger partial charge in [-0.25, -0.2) is 0 Å². The summed E-state index contributed by atoms with van der Waals surface area (Å²) in [4.78, 5) is 0. The first-order valence-corrected chi connectivity index (χ1v) is 9.57. The molecule has 0 amide bonds. The maximum Gasteiger partial charge on any atom is 0.264 e. The van der Waals surface area contributed by atoms with Crippen LogP contribution in [0.25, 0.3) is 5.57 Å². The van der Waals surface area contributed by atoms with E-state index in [1.807, 2.05) is 12.1 Å². The summed E-state index contributed by atoms with van der Waals surface area (Å²) in [6, 6.07) is 16.9. The fourth-order valence-corrected chi connectivity index (χ4v) is 3.44. The lowest BCUT2D eigenvalue weighted by atomic mass is 9.93. The van der Waals surface area contributed by atoms with Crippen LogP contribution in [-0.2, 0) is 27.1 Å². The Kier molecular flexibility index (Phi) is 4.64. The molecule has 0 heterocycles. The van der Waals surface area contributed by atoms with E-state index in [4.69, 9.17) is 4.18 Å². The highest BCUT2D eigenvalue weighted by atomic mass is 32.2. The molecule has 1 aliphatic rings. The molecule has 0 N–H and O–H groups in total. The zero-order valence-electron chi connectivity index (χ0n) is 13.2. The number of benzene rings is 2. The molecule has 0 aromatic heterocycles. The third kappa shape index (κ3) is 3.89.